The summed E-state index contributed by atoms with van der Waals surface area (Å²) in [6, 6.07) is -0.0261. The molecule has 0 spiro atoms. The maximum atomic E-state index is 11.4. The van der Waals surface area contributed by atoms with Gasteiger partial charge in [-0.15, -0.1) is 6.58 Å². The Balaban J connectivity index is 2.28. The van der Waals surface area contributed by atoms with Gasteiger partial charge in [0.1, 0.15) is 0 Å². The van der Waals surface area contributed by atoms with E-state index in [1.165, 1.54) is 0 Å². The number of nitrogens with one attached hydrogen (secondary N) is 3. The zero-order chi connectivity index (χ0) is 11.1. The molecule has 0 aliphatic heterocycles. The summed E-state index contributed by atoms with van der Waals surface area (Å²) in [5.41, 5.74) is 0.965. The minimum Gasteiger partial charge on any atom is -0.348 e. The summed E-state index contributed by atoms with van der Waals surface area (Å²) < 4.78 is 0. The molecule has 0 aliphatic carbocycles. The van der Waals surface area contributed by atoms with Crippen LogP contribution >= 0.6 is 0 Å². The third-order valence-electron chi connectivity index (χ3n) is 1.97. The molecule has 0 saturated heterocycles. The highest BCUT2D eigenvalue weighted by atomic mass is 16.1. The molecular formula is C10H16N4O. The molecule has 1 amide bonds. The summed E-state index contributed by atoms with van der Waals surface area (Å²) >= 11 is 0. The summed E-state index contributed by atoms with van der Waals surface area (Å²) in [6.45, 7) is 6.40. The number of hydrogen-bond acceptors (Lipinski definition) is 3. The van der Waals surface area contributed by atoms with Crippen LogP contribution in [0.25, 0.3) is 0 Å². The van der Waals surface area contributed by atoms with Gasteiger partial charge in [0, 0.05) is 18.3 Å². The van der Waals surface area contributed by atoms with Crippen LogP contribution < -0.4 is 10.6 Å². The van der Waals surface area contributed by atoms with E-state index >= 15 is 0 Å². The lowest BCUT2D eigenvalue weighted by Gasteiger charge is -2.11. The van der Waals surface area contributed by atoms with Crippen molar-refractivity contribution in [1.29, 1.82) is 0 Å². The third kappa shape index (κ3) is 3.95. The zero-order valence-corrected chi connectivity index (χ0v) is 8.79. The maximum Gasteiger partial charge on any atom is 0.234 e. The number of aromatic amines is 1. The van der Waals surface area contributed by atoms with E-state index in [4.69, 9.17) is 0 Å². The highest BCUT2D eigenvalue weighted by Gasteiger charge is 2.09. The van der Waals surface area contributed by atoms with Crippen molar-refractivity contribution in [3.8, 4) is 0 Å². The number of carbonyl (C=O) groups is 1. The van der Waals surface area contributed by atoms with Gasteiger partial charge >= 0.3 is 0 Å². The van der Waals surface area contributed by atoms with Crippen LogP contribution in [0.1, 0.15) is 18.5 Å². The summed E-state index contributed by atoms with van der Waals surface area (Å²) in [7, 11) is 0. The lowest BCUT2D eigenvalue weighted by atomic mass is 10.2. The lowest BCUT2D eigenvalue weighted by Crippen LogP contribution is -2.35. The number of amides is 1. The van der Waals surface area contributed by atoms with E-state index in [1.54, 1.807) is 18.5 Å². The molecule has 1 heterocycles. The van der Waals surface area contributed by atoms with Crippen molar-refractivity contribution < 1.29 is 4.79 Å². The third-order valence-corrected chi connectivity index (χ3v) is 1.97. The van der Waals surface area contributed by atoms with Gasteiger partial charge in [0.2, 0.25) is 5.91 Å². The standard InChI is InChI=1S/C10H16N4O/c1-3-4-11-7-10(15)14-8(2)9-5-12-13-6-9/h3,5-6,8,11H,1,4,7H2,2H3,(H,12,13)(H,14,15). The largest absolute Gasteiger partial charge is 0.348 e. The minimum atomic E-state index is -0.0365. The fraction of sp³-hybridized carbons (Fsp3) is 0.400. The predicted octanol–water partition coefficient (Wildman–Crippen LogP) is 0.362. The molecular weight excluding hydrogens is 192 g/mol. The molecule has 5 heteroatoms. The van der Waals surface area contributed by atoms with Gasteiger partial charge in [-0.2, -0.15) is 5.10 Å². The molecule has 82 valence electrons. The number of H-pyrrole nitrogens is 1. The molecule has 0 radical (unpaired) electrons. The van der Waals surface area contributed by atoms with Crippen molar-refractivity contribution in [2.75, 3.05) is 13.1 Å². The molecule has 3 N–H and O–H groups in total. The second-order valence-electron chi connectivity index (χ2n) is 3.24. The molecule has 1 aromatic rings. The molecule has 5 nitrogen and oxygen atoms in total. The number of aromatic nitrogens is 2. The van der Waals surface area contributed by atoms with Crippen LogP contribution in [0.15, 0.2) is 25.0 Å². The smallest absolute Gasteiger partial charge is 0.234 e. The van der Waals surface area contributed by atoms with Crippen molar-refractivity contribution in [2.24, 2.45) is 0 Å². The normalized spacial score (nSPS) is 12.1. The molecule has 0 aromatic carbocycles. The molecule has 0 aliphatic rings. The van der Waals surface area contributed by atoms with Crippen LogP contribution in [0.4, 0.5) is 0 Å². The Hall–Kier alpha value is -1.62. The zero-order valence-electron chi connectivity index (χ0n) is 8.79. The van der Waals surface area contributed by atoms with E-state index in [1.807, 2.05) is 6.92 Å². The van der Waals surface area contributed by atoms with Crippen LogP contribution in [0.2, 0.25) is 0 Å². The van der Waals surface area contributed by atoms with E-state index < -0.39 is 0 Å². The topological polar surface area (TPSA) is 69.8 Å². The van der Waals surface area contributed by atoms with Gasteiger partial charge in [0.25, 0.3) is 0 Å². The lowest BCUT2D eigenvalue weighted by molar-refractivity contribution is -0.120. The Bertz CT molecular complexity index is 307. The molecule has 1 rings (SSSR count). The number of carbonyl (C=O) groups excluding carboxylic acids is 1. The first kappa shape index (κ1) is 11.5. The average molecular weight is 208 g/mol. The summed E-state index contributed by atoms with van der Waals surface area (Å²) in [4.78, 5) is 11.4. The molecule has 1 aromatic heterocycles. The highest BCUT2D eigenvalue weighted by Crippen LogP contribution is 2.07. The van der Waals surface area contributed by atoms with Crippen LogP contribution in [0.5, 0.6) is 0 Å². The van der Waals surface area contributed by atoms with Crippen molar-refractivity contribution in [3.05, 3.63) is 30.6 Å². The number of nitrogens with zero attached hydrogens (tertiary/aromatic N) is 1. The SMILES string of the molecule is C=CCNCC(=O)NC(C)c1cn[nH]c1. The molecule has 0 bridgehead atoms. The minimum absolute atomic E-state index is 0.0261. The second kappa shape index (κ2) is 5.98. The highest BCUT2D eigenvalue weighted by molar-refractivity contribution is 5.78. The maximum absolute atomic E-state index is 11.4. The van der Waals surface area contributed by atoms with Gasteiger partial charge < -0.3 is 10.6 Å². The van der Waals surface area contributed by atoms with E-state index in [0.29, 0.717) is 13.1 Å². The summed E-state index contributed by atoms with van der Waals surface area (Å²) in [5, 5.41) is 12.3. The first-order valence-electron chi connectivity index (χ1n) is 4.83. The van der Waals surface area contributed by atoms with Crippen LogP contribution in [-0.4, -0.2) is 29.2 Å². The van der Waals surface area contributed by atoms with Gasteiger partial charge in [0.15, 0.2) is 0 Å². The quantitative estimate of drug-likeness (QED) is 0.467. The van der Waals surface area contributed by atoms with Crippen LogP contribution in [0, 0.1) is 0 Å². The molecule has 1 atom stereocenters. The first-order chi connectivity index (χ1) is 7.24. The van der Waals surface area contributed by atoms with Gasteiger partial charge in [0.05, 0.1) is 18.8 Å². The molecule has 15 heavy (non-hydrogen) atoms. The summed E-state index contributed by atoms with van der Waals surface area (Å²) in [6.07, 6.45) is 5.18. The van der Waals surface area contributed by atoms with E-state index in [2.05, 4.69) is 27.4 Å². The Morgan fingerprint density at radius 1 is 1.80 bits per heavy atom. The Kier molecular flexibility index (Phi) is 4.56. The number of rotatable bonds is 6. The van der Waals surface area contributed by atoms with E-state index in [0.717, 1.165) is 5.56 Å². The fourth-order valence-electron chi connectivity index (χ4n) is 1.16. The van der Waals surface area contributed by atoms with Crippen molar-refractivity contribution in [2.45, 2.75) is 13.0 Å². The van der Waals surface area contributed by atoms with E-state index in [9.17, 15) is 4.79 Å². The Labute approximate surface area is 89.0 Å². The Morgan fingerprint density at radius 3 is 3.20 bits per heavy atom. The predicted molar refractivity (Wildman–Crippen MR) is 58.2 cm³/mol. The fourth-order valence-corrected chi connectivity index (χ4v) is 1.16. The van der Waals surface area contributed by atoms with Crippen LogP contribution in [0.3, 0.4) is 0 Å². The van der Waals surface area contributed by atoms with Crippen molar-refractivity contribution >= 4 is 5.91 Å². The molecule has 0 fully saturated rings. The first-order valence-corrected chi connectivity index (χ1v) is 4.83. The molecule has 1 unspecified atom stereocenters. The van der Waals surface area contributed by atoms with Gasteiger partial charge in [-0.3, -0.25) is 9.89 Å². The average Bonchev–Trinajstić information content (AvgIpc) is 2.70. The Morgan fingerprint density at radius 2 is 2.60 bits per heavy atom. The van der Waals surface area contributed by atoms with Gasteiger partial charge in [-0.25, -0.2) is 0 Å². The van der Waals surface area contributed by atoms with E-state index in [-0.39, 0.29) is 11.9 Å². The van der Waals surface area contributed by atoms with Crippen LogP contribution in [-0.2, 0) is 4.79 Å². The van der Waals surface area contributed by atoms with Crippen molar-refractivity contribution in [3.63, 3.8) is 0 Å². The van der Waals surface area contributed by atoms with Gasteiger partial charge in [-0.05, 0) is 6.92 Å². The van der Waals surface area contributed by atoms with Crippen molar-refractivity contribution in [1.82, 2.24) is 20.8 Å². The second-order valence-corrected chi connectivity index (χ2v) is 3.24. The summed E-state index contributed by atoms with van der Waals surface area (Å²) in [5.74, 6) is -0.0365. The van der Waals surface area contributed by atoms with Gasteiger partial charge in [-0.1, -0.05) is 6.08 Å². The number of hydrogen-bond donors (Lipinski definition) is 3. The molecule has 0 saturated carbocycles. The monoisotopic (exact) mass is 208 g/mol.